The van der Waals surface area contributed by atoms with Crippen molar-refractivity contribution < 1.29 is 13.9 Å². The van der Waals surface area contributed by atoms with Crippen molar-refractivity contribution in [3.63, 3.8) is 0 Å². The topological polar surface area (TPSA) is 38.1 Å². The number of rotatable bonds is 3. The zero-order chi connectivity index (χ0) is 14.8. The molecule has 0 fully saturated rings. The normalized spacial score (nSPS) is 12.3. The van der Waals surface area contributed by atoms with Gasteiger partial charge in [0, 0.05) is 11.8 Å². The second-order valence-corrected chi connectivity index (χ2v) is 4.59. The van der Waals surface area contributed by atoms with Crippen LogP contribution in [-0.2, 0) is 0 Å². The molecule has 0 amide bonds. The summed E-state index contributed by atoms with van der Waals surface area (Å²) in [4.78, 5) is 0. The third kappa shape index (κ3) is 2.55. The Hall–Kier alpha value is -2.53. The number of aliphatic hydroxyl groups excluding tert-OH is 1. The molecule has 1 N–H and O–H groups in total. The number of aliphatic hydroxyl groups is 1. The lowest BCUT2D eigenvalue weighted by atomic mass is 10.0. The van der Waals surface area contributed by atoms with Gasteiger partial charge in [0.05, 0.1) is 17.4 Å². The van der Waals surface area contributed by atoms with E-state index in [0.717, 1.165) is 17.8 Å². The molecule has 3 aromatic rings. The van der Waals surface area contributed by atoms with Crippen LogP contribution in [-0.4, -0.2) is 14.9 Å². The molecule has 3 rings (SSSR count). The zero-order valence-corrected chi connectivity index (χ0v) is 10.9. The lowest BCUT2D eigenvalue weighted by Gasteiger charge is -2.10. The van der Waals surface area contributed by atoms with E-state index in [1.807, 2.05) is 30.3 Å². The molecule has 0 radical (unpaired) electrons. The standard InChI is InChI=1S/C16H12F2N2O/c17-13-7-4-8-14(18)15(13)16(21)11-9-19-20(10-11)12-5-2-1-3-6-12/h1-10,16,21H. The molecule has 1 aromatic heterocycles. The van der Waals surface area contributed by atoms with E-state index in [0.29, 0.717) is 5.56 Å². The molecular formula is C16H12F2N2O. The molecule has 5 heteroatoms. The van der Waals surface area contributed by atoms with Crippen molar-refractivity contribution >= 4 is 0 Å². The van der Waals surface area contributed by atoms with E-state index in [1.165, 1.54) is 16.9 Å². The number of hydrogen-bond donors (Lipinski definition) is 1. The Kier molecular flexibility index (Phi) is 3.50. The van der Waals surface area contributed by atoms with Crippen molar-refractivity contribution in [3.05, 3.63) is 83.7 Å². The lowest BCUT2D eigenvalue weighted by molar-refractivity contribution is 0.209. The minimum atomic E-state index is -1.40. The monoisotopic (exact) mass is 286 g/mol. The van der Waals surface area contributed by atoms with Gasteiger partial charge in [0.2, 0.25) is 0 Å². The summed E-state index contributed by atoms with van der Waals surface area (Å²) < 4.78 is 28.9. The van der Waals surface area contributed by atoms with E-state index in [9.17, 15) is 13.9 Å². The van der Waals surface area contributed by atoms with Crippen LogP contribution in [0.4, 0.5) is 8.78 Å². The van der Waals surface area contributed by atoms with Crippen LogP contribution in [0.3, 0.4) is 0 Å². The first-order valence-corrected chi connectivity index (χ1v) is 6.39. The van der Waals surface area contributed by atoms with Gasteiger partial charge in [-0.1, -0.05) is 24.3 Å². The van der Waals surface area contributed by atoms with Crippen molar-refractivity contribution in [1.29, 1.82) is 0 Å². The van der Waals surface area contributed by atoms with E-state index in [4.69, 9.17) is 0 Å². The Bertz CT molecular complexity index is 736. The SMILES string of the molecule is OC(c1cnn(-c2ccccc2)c1)c1c(F)cccc1F. The van der Waals surface area contributed by atoms with E-state index in [1.54, 1.807) is 6.20 Å². The predicted octanol–water partition coefficient (Wildman–Crippen LogP) is 3.23. The maximum absolute atomic E-state index is 13.7. The van der Waals surface area contributed by atoms with Crippen molar-refractivity contribution in [2.45, 2.75) is 6.10 Å². The van der Waals surface area contributed by atoms with Crippen LogP contribution < -0.4 is 0 Å². The summed E-state index contributed by atoms with van der Waals surface area (Å²) in [7, 11) is 0. The average Bonchev–Trinajstić information content (AvgIpc) is 2.97. The molecule has 0 aliphatic carbocycles. The molecule has 1 heterocycles. The van der Waals surface area contributed by atoms with E-state index >= 15 is 0 Å². The number of para-hydroxylation sites is 1. The highest BCUT2D eigenvalue weighted by Crippen LogP contribution is 2.26. The maximum Gasteiger partial charge on any atom is 0.132 e. The molecule has 1 atom stereocenters. The predicted molar refractivity (Wildman–Crippen MR) is 74.0 cm³/mol. The lowest BCUT2D eigenvalue weighted by Crippen LogP contribution is -2.05. The number of aromatic nitrogens is 2. The van der Waals surface area contributed by atoms with E-state index in [2.05, 4.69) is 5.10 Å². The second kappa shape index (κ2) is 5.46. The van der Waals surface area contributed by atoms with Crippen LogP contribution in [0.15, 0.2) is 60.9 Å². The molecule has 106 valence electrons. The Morgan fingerprint density at radius 1 is 0.952 bits per heavy atom. The number of halogens is 2. The van der Waals surface area contributed by atoms with Gasteiger partial charge in [0.15, 0.2) is 0 Å². The highest BCUT2D eigenvalue weighted by Gasteiger charge is 2.20. The van der Waals surface area contributed by atoms with Crippen LogP contribution in [0.1, 0.15) is 17.2 Å². The first-order chi connectivity index (χ1) is 10.2. The zero-order valence-electron chi connectivity index (χ0n) is 10.9. The van der Waals surface area contributed by atoms with Gasteiger partial charge in [0.1, 0.15) is 17.7 Å². The van der Waals surface area contributed by atoms with Gasteiger partial charge in [-0.25, -0.2) is 13.5 Å². The number of nitrogens with zero attached hydrogens (tertiary/aromatic N) is 2. The van der Waals surface area contributed by atoms with E-state index in [-0.39, 0.29) is 5.56 Å². The fourth-order valence-electron chi connectivity index (χ4n) is 2.14. The Labute approximate surface area is 120 Å². The van der Waals surface area contributed by atoms with Crippen molar-refractivity contribution in [1.82, 2.24) is 9.78 Å². The maximum atomic E-state index is 13.7. The minimum Gasteiger partial charge on any atom is -0.383 e. The molecule has 0 bridgehead atoms. The molecule has 0 saturated heterocycles. The largest absolute Gasteiger partial charge is 0.383 e. The van der Waals surface area contributed by atoms with Gasteiger partial charge in [-0.2, -0.15) is 5.10 Å². The Morgan fingerprint density at radius 2 is 1.62 bits per heavy atom. The number of benzene rings is 2. The van der Waals surface area contributed by atoms with Gasteiger partial charge >= 0.3 is 0 Å². The van der Waals surface area contributed by atoms with Crippen LogP contribution in [0.5, 0.6) is 0 Å². The third-order valence-electron chi connectivity index (χ3n) is 3.21. The summed E-state index contributed by atoms with van der Waals surface area (Å²) in [5.74, 6) is -1.56. The van der Waals surface area contributed by atoms with Gasteiger partial charge in [-0.3, -0.25) is 0 Å². The molecule has 0 saturated carbocycles. The van der Waals surface area contributed by atoms with Crippen molar-refractivity contribution in [2.24, 2.45) is 0 Å². The molecule has 2 aromatic carbocycles. The molecule has 0 aliphatic heterocycles. The second-order valence-electron chi connectivity index (χ2n) is 4.59. The molecule has 21 heavy (non-hydrogen) atoms. The first kappa shape index (κ1) is 13.5. The molecule has 0 aliphatic rings. The van der Waals surface area contributed by atoms with Crippen molar-refractivity contribution in [3.8, 4) is 5.69 Å². The van der Waals surface area contributed by atoms with E-state index < -0.39 is 17.7 Å². The Morgan fingerprint density at radius 3 is 2.29 bits per heavy atom. The summed E-state index contributed by atoms with van der Waals surface area (Å²) in [5, 5.41) is 14.3. The van der Waals surface area contributed by atoms with Gasteiger partial charge < -0.3 is 5.11 Å². The molecular weight excluding hydrogens is 274 g/mol. The fraction of sp³-hybridized carbons (Fsp3) is 0.0625. The van der Waals surface area contributed by atoms with Crippen molar-refractivity contribution in [2.75, 3.05) is 0 Å². The highest BCUT2D eigenvalue weighted by molar-refractivity contribution is 5.34. The molecule has 0 spiro atoms. The van der Waals surface area contributed by atoms with Gasteiger partial charge in [0.25, 0.3) is 0 Å². The average molecular weight is 286 g/mol. The van der Waals surface area contributed by atoms with Gasteiger partial charge in [-0.15, -0.1) is 0 Å². The summed E-state index contributed by atoms with van der Waals surface area (Å²) in [6.45, 7) is 0. The Balaban J connectivity index is 1.97. The fourth-order valence-corrected chi connectivity index (χ4v) is 2.14. The van der Waals surface area contributed by atoms with Gasteiger partial charge in [-0.05, 0) is 24.3 Å². The summed E-state index contributed by atoms with van der Waals surface area (Å²) in [6.07, 6.45) is 1.54. The van der Waals surface area contributed by atoms with Crippen LogP contribution >= 0.6 is 0 Å². The third-order valence-corrected chi connectivity index (χ3v) is 3.21. The first-order valence-electron chi connectivity index (χ1n) is 6.39. The van der Waals surface area contributed by atoms with Crippen LogP contribution in [0, 0.1) is 11.6 Å². The van der Waals surface area contributed by atoms with Crippen LogP contribution in [0.25, 0.3) is 5.69 Å². The summed E-state index contributed by atoms with van der Waals surface area (Å²) in [6, 6.07) is 12.7. The number of hydrogen-bond acceptors (Lipinski definition) is 2. The van der Waals surface area contributed by atoms with Crippen LogP contribution in [0.2, 0.25) is 0 Å². The quantitative estimate of drug-likeness (QED) is 0.802. The summed E-state index contributed by atoms with van der Waals surface area (Å²) in [5.41, 5.74) is 0.748. The minimum absolute atomic E-state index is 0.322. The highest BCUT2D eigenvalue weighted by atomic mass is 19.1. The smallest absolute Gasteiger partial charge is 0.132 e. The summed E-state index contributed by atoms with van der Waals surface area (Å²) >= 11 is 0. The molecule has 1 unspecified atom stereocenters. The molecule has 3 nitrogen and oxygen atoms in total.